The minimum absolute atomic E-state index is 0.0470. The van der Waals surface area contributed by atoms with Gasteiger partial charge in [0.15, 0.2) is 0 Å². The first-order valence-corrected chi connectivity index (χ1v) is 6.36. The number of esters is 1. The van der Waals surface area contributed by atoms with Crippen LogP contribution in [0.25, 0.3) is 0 Å². The number of rotatable bonds is 11. The van der Waals surface area contributed by atoms with Crippen molar-refractivity contribution in [3.8, 4) is 0 Å². The second kappa shape index (κ2) is 11.8. The maximum Gasteiger partial charge on any atom is 0.308 e. The largest absolute Gasteiger partial charge is 0.466 e. The number of carbonyl (C=O) groups is 1. The summed E-state index contributed by atoms with van der Waals surface area (Å²) in [6.45, 7) is 3.59. The van der Waals surface area contributed by atoms with Crippen LogP contribution >= 0.6 is 0 Å². The quantitative estimate of drug-likeness (QED) is 0.365. The average molecular weight is 247 g/mol. The number of ether oxygens (including phenoxy) is 1. The number of hydrogen-bond acceptors (Lipinski definition) is 5. The molecule has 0 aromatic rings. The standard InChI is InChI=1S/C12H25NO4/c1-2-17-12(16)9-11(15)10-13-7-5-3-4-6-8-14/h11,13-15H,2-10H2,1H3. The van der Waals surface area contributed by atoms with Crippen molar-refractivity contribution in [1.82, 2.24) is 5.32 Å². The van der Waals surface area contributed by atoms with E-state index in [-0.39, 0.29) is 19.0 Å². The lowest BCUT2D eigenvalue weighted by Gasteiger charge is -2.10. The van der Waals surface area contributed by atoms with Crippen molar-refractivity contribution in [1.29, 1.82) is 0 Å². The summed E-state index contributed by atoms with van der Waals surface area (Å²) < 4.78 is 4.73. The molecule has 102 valence electrons. The van der Waals surface area contributed by atoms with Gasteiger partial charge in [0.2, 0.25) is 0 Å². The van der Waals surface area contributed by atoms with Crippen molar-refractivity contribution in [3.63, 3.8) is 0 Å². The normalized spacial score (nSPS) is 12.4. The molecule has 0 aliphatic carbocycles. The fourth-order valence-corrected chi connectivity index (χ4v) is 1.47. The first kappa shape index (κ1) is 16.4. The number of hydrogen-bond donors (Lipinski definition) is 3. The highest BCUT2D eigenvalue weighted by molar-refractivity contribution is 5.69. The highest BCUT2D eigenvalue weighted by Gasteiger charge is 2.10. The van der Waals surface area contributed by atoms with E-state index in [2.05, 4.69) is 5.32 Å². The van der Waals surface area contributed by atoms with Crippen LogP contribution < -0.4 is 5.32 Å². The summed E-state index contributed by atoms with van der Waals surface area (Å²) in [5, 5.41) is 21.2. The number of unbranched alkanes of at least 4 members (excludes halogenated alkanes) is 3. The molecule has 5 heteroatoms. The van der Waals surface area contributed by atoms with E-state index in [1.165, 1.54) is 0 Å². The minimum Gasteiger partial charge on any atom is -0.466 e. The Balaban J connectivity index is 3.27. The van der Waals surface area contributed by atoms with Gasteiger partial charge in [0.1, 0.15) is 0 Å². The lowest BCUT2D eigenvalue weighted by molar-refractivity contribution is -0.145. The van der Waals surface area contributed by atoms with Crippen molar-refractivity contribution in [2.45, 2.75) is 45.1 Å². The summed E-state index contributed by atoms with van der Waals surface area (Å²) in [6.07, 6.45) is 3.35. The molecule has 0 aromatic carbocycles. The lowest BCUT2D eigenvalue weighted by atomic mass is 10.2. The van der Waals surface area contributed by atoms with Gasteiger partial charge in [0, 0.05) is 13.2 Å². The number of carbonyl (C=O) groups excluding carboxylic acids is 1. The fourth-order valence-electron chi connectivity index (χ4n) is 1.47. The summed E-state index contributed by atoms with van der Waals surface area (Å²) >= 11 is 0. The van der Waals surface area contributed by atoms with E-state index < -0.39 is 6.10 Å². The molecular weight excluding hydrogens is 222 g/mol. The molecule has 17 heavy (non-hydrogen) atoms. The molecule has 0 saturated carbocycles. The summed E-state index contributed by atoms with van der Waals surface area (Å²) in [4.78, 5) is 11.0. The van der Waals surface area contributed by atoms with Crippen LogP contribution in [-0.4, -0.2) is 48.6 Å². The Morgan fingerprint density at radius 1 is 1.29 bits per heavy atom. The Bertz CT molecular complexity index is 187. The van der Waals surface area contributed by atoms with E-state index in [4.69, 9.17) is 9.84 Å². The highest BCUT2D eigenvalue weighted by atomic mass is 16.5. The van der Waals surface area contributed by atoms with E-state index in [9.17, 15) is 9.90 Å². The molecule has 0 saturated heterocycles. The molecule has 0 aliphatic heterocycles. The van der Waals surface area contributed by atoms with Gasteiger partial charge in [-0.05, 0) is 26.3 Å². The Hall–Kier alpha value is -0.650. The Morgan fingerprint density at radius 2 is 2.00 bits per heavy atom. The average Bonchev–Trinajstić information content (AvgIpc) is 2.28. The second-order valence-electron chi connectivity index (χ2n) is 4.00. The Labute approximate surface area is 103 Å². The van der Waals surface area contributed by atoms with Crippen molar-refractivity contribution in [2.24, 2.45) is 0 Å². The van der Waals surface area contributed by atoms with Crippen LogP contribution in [0.1, 0.15) is 39.0 Å². The molecule has 0 aliphatic rings. The molecule has 0 fully saturated rings. The van der Waals surface area contributed by atoms with Crippen LogP contribution in [0.4, 0.5) is 0 Å². The van der Waals surface area contributed by atoms with Crippen LogP contribution in [-0.2, 0) is 9.53 Å². The molecule has 0 rings (SSSR count). The third kappa shape index (κ3) is 11.6. The predicted octanol–water partition coefficient (Wildman–Crippen LogP) is 0.443. The van der Waals surface area contributed by atoms with Crippen LogP contribution in [0.5, 0.6) is 0 Å². The molecule has 1 unspecified atom stereocenters. The molecule has 0 spiro atoms. The summed E-state index contributed by atoms with van der Waals surface area (Å²) in [5.41, 5.74) is 0. The predicted molar refractivity (Wildman–Crippen MR) is 65.7 cm³/mol. The van der Waals surface area contributed by atoms with Crippen LogP contribution in [0.2, 0.25) is 0 Å². The SMILES string of the molecule is CCOC(=O)CC(O)CNCCCCCCO. The van der Waals surface area contributed by atoms with Gasteiger partial charge in [0.05, 0.1) is 19.1 Å². The summed E-state index contributed by atoms with van der Waals surface area (Å²) in [7, 11) is 0. The maximum absolute atomic E-state index is 11.0. The second-order valence-corrected chi connectivity index (χ2v) is 4.00. The lowest BCUT2D eigenvalue weighted by Crippen LogP contribution is -2.29. The van der Waals surface area contributed by atoms with E-state index in [0.717, 1.165) is 32.2 Å². The zero-order chi connectivity index (χ0) is 12.9. The van der Waals surface area contributed by atoms with Gasteiger partial charge >= 0.3 is 5.97 Å². The van der Waals surface area contributed by atoms with Gasteiger partial charge in [-0.1, -0.05) is 12.8 Å². The van der Waals surface area contributed by atoms with Gasteiger partial charge < -0.3 is 20.3 Å². The molecule has 5 nitrogen and oxygen atoms in total. The molecular formula is C12H25NO4. The third-order valence-corrected chi connectivity index (χ3v) is 2.35. The molecule has 0 aromatic heterocycles. The fraction of sp³-hybridized carbons (Fsp3) is 0.917. The van der Waals surface area contributed by atoms with Crippen molar-refractivity contribution in [2.75, 3.05) is 26.3 Å². The molecule has 0 amide bonds. The highest BCUT2D eigenvalue weighted by Crippen LogP contribution is 1.98. The molecule has 0 bridgehead atoms. The van der Waals surface area contributed by atoms with Crippen molar-refractivity contribution < 1.29 is 19.7 Å². The molecule has 3 N–H and O–H groups in total. The van der Waals surface area contributed by atoms with E-state index in [1.54, 1.807) is 6.92 Å². The zero-order valence-corrected chi connectivity index (χ0v) is 10.7. The summed E-state index contributed by atoms with van der Waals surface area (Å²) in [5.74, 6) is -0.357. The number of aliphatic hydroxyl groups is 2. The van der Waals surface area contributed by atoms with Gasteiger partial charge in [-0.3, -0.25) is 4.79 Å². The smallest absolute Gasteiger partial charge is 0.308 e. The number of nitrogens with one attached hydrogen (secondary N) is 1. The van der Waals surface area contributed by atoms with Crippen LogP contribution in [0, 0.1) is 0 Å². The van der Waals surface area contributed by atoms with Gasteiger partial charge in [0.25, 0.3) is 0 Å². The van der Waals surface area contributed by atoms with E-state index >= 15 is 0 Å². The van der Waals surface area contributed by atoms with Gasteiger partial charge in [-0.25, -0.2) is 0 Å². The first-order valence-electron chi connectivity index (χ1n) is 6.36. The van der Waals surface area contributed by atoms with E-state index in [1.807, 2.05) is 0 Å². The minimum atomic E-state index is -0.675. The van der Waals surface area contributed by atoms with Gasteiger partial charge in [-0.2, -0.15) is 0 Å². The molecule has 0 heterocycles. The summed E-state index contributed by atoms with van der Waals surface area (Å²) in [6, 6.07) is 0. The van der Waals surface area contributed by atoms with Crippen molar-refractivity contribution >= 4 is 5.97 Å². The van der Waals surface area contributed by atoms with Gasteiger partial charge in [-0.15, -0.1) is 0 Å². The maximum atomic E-state index is 11.0. The zero-order valence-electron chi connectivity index (χ0n) is 10.7. The van der Waals surface area contributed by atoms with Crippen LogP contribution in [0.3, 0.4) is 0 Å². The Morgan fingerprint density at radius 3 is 2.65 bits per heavy atom. The Kier molecular flexibility index (Phi) is 11.4. The van der Waals surface area contributed by atoms with Crippen LogP contribution in [0.15, 0.2) is 0 Å². The molecule has 1 atom stereocenters. The molecule has 0 radical (unpaired) electrons. The monoisotopic (exact) mass is 247 g/mol. The van der Waals surface area contributed by atoms with Crippen molar-refractivity contribution in [3.05, 3.63) is 0 Å². The first-order chi connectivity index (χ1) is 8.20. The topological polar surface area (TPSA) is 78.8 Å². The number of aliphatic hydroxyl groups excluding tert-OH is 2. The van der Waals surface area contributed by atoms with E-state index in [0.29, 0.717) is 13.2 Å². The third-order valence-electron chi connectivity index (χ3n) is 2.35.